The van der Waals surface area contributed by atoms with Crippen molar-refractivity contribution in [1.82, 2.24) is 5.32 Å². The number of benzene rings is 1. The number of nitrogens with one attached hydrogen (secondary N) is 1. The van der Waals surface area contributed by atoms with Gasteiger partial charge in [-0.2, -0.15) is 0 Å². The molecule has 19 heavy (non-hydrogen) atoms. The summed E-state index contributed by atoms with van der Waals surface area (Å²) in [6, 6.07) is 5.32. The van der Waals surface area contributed by atoms with Gasteiger partial charge < -0.3 is 19.9 Å². The number of carbonyl (C=O) groups excluding carboxylic acids is 1. The Balaban J connectivity index is 1.73. The molecule has 2 aliphatic rings. The van der Waals surface area contributed by atoms with Crippen molar-refractivity contribution >= 4 is 5.91 Å². The molecule has 2 N–H and O–H groups in total. The summed E-state index contributed by atoms with van der Waals surface area (Å²) < 4.78 is 11.0. The lowest BCUT2D eigenvalue weighted by molar-refractivity contribution is -0.0367. The molecule has 0 unspecified atom stereocenters. The van der Waals surface area contributed by atoms with Gasteiger partial charge in [0.05, 0.1) is 11.2 Å². The summed E-state index contributed by atoms with van der Waals surface area (Å²) >= 11 is 0. The smallest absolute Gasteiger partial charge is 0.255 e. The van der Waals surface area contributed by atoms with Crippen molar-refractivity contribution in [1.29, 1.82) is 0 Å². The van der Waals surface area contributed by atoms with E-state index < -0.39 is 5.60 Å². The van der Waals surface area contributed by atoms with Gasteiger partial charge in [-0.25, -0.2) is 0 Å². The highest BCUT2D eigenvalue weighted by molar-refractivity contribution is 5.98. The molecule has 5 heteroatoms. The Bertz CT molecular complexity index is 504. The van der Waals surface area contributed by atoms with Crippen LogP contribution in [-0.4, -0.2) is 35.9 Å². The standard InChI is InChI=1S/C14H17NO4/c1-14(17)7-9(8-14)15-13(16)10-3-2-4-11-12(10)19-6-5-18-11/h2-4,9,17H,5-8H2,1H3,(H,15,16). The van der Waals surface area contributed by atoms with Gasteiger partial charge in [0.25, 0.3) is 5.91 Å². The van der Waals surface area contributed by atoms with Gasteiger partial charge in [-0.15, -0.1) is 0 Å². The van der Waals surface area contributed by atoms with Gasteiger partial charge in [-0.05, 0) is 31.9 Å². The van der Waals surface area contributed by atoms with E-state index in [0.717, 1.165) is 0 Å². The van der Waals surface area contributed by atoms with Gasteiger partial charge in [0.1, 0.15) is 13.2 Å². The summed E-state index contributed by atoms with van der Waals surface area (Å²) in [5.74, 6) is 0.944. The fourth-order valence-corrected chi connectivity index (χ4v) is 2.62. The van der Waals surface area contributed by atoms with Gasteiger partial charge in [0.2, 0.25) is 0 Å². The number of amides is 1. The average Bonchev–Trinajstić information content (AvgIpc) is 2.36. The molecule has 1 amide bonds. The van der Waals surface area contributed by atoms with Crippen LogP contribution < -0.4 is 14.8 Å². The first-order valence-corrected chi connectivity index (χ1v) is 6.47. The summed E-state index contributed by atoms with van der Waals surface area (Å²) in [7, 11) is 0. The number of rotatable bonds is 2. The highest BCUT2D eigenvalue weighted by Crippen LogP contribution is 2.35. The predicted molar refractivity (Wildman–Crippen MR) is 68.5 cm³/mol. The molecule has 0 saturated heterocycles. The van der Waals surface area contributed by atoms with E-state index in [0.29, 0.717) is 43.1 Å². The van der Waals surface area contributed by atoms with Crippen molar-refractivity contribution in [3.8, 4) is 11.5 Å². The van der Waals surface area contributed by atoms with Gasteiger partial charge in [-0.3, -0.25) is 4.79 Å². The Morgan fingerprint density at radius 2 is 2.11 bits per heavy atom. The highest BCUT2D eigenvalue weighted by atomic mass is 16.6. The second-order valence-electron chi connectivity index (χ2n) is 5.41. The lowest BCUT2D eigenvalue weighted by atomic mass is 9.77. The van der Waals surface area contributed by atoms with E-state index in [1.165, 1.54) is 0 Å². The third kappa shape index (κ3) is 2.38. The van der Waals surface area contributed by atoms with Crippen LogP contribution in [0.5, 0.6) is 11.5 Å². The maximum absolute atomic E-state index is 12.2. The number of aliphatic hydroxyl groups is 1. The van der Waals surface area contributed by atoms with Crippen molar-refractivity contribution in [2.75, 3.05) is 13.2 Å². The Kier molecular flexibility index (Phi) is 2.86. The maximum atomic E-state index is 12.2. The number of para-hydroxylation sites is 1. The first kappa shape index (κ1) is 12.3. The minimum Gasteiger partial charge on any atom is -0.486 e. The molecule has 102 valence electrons. The fraction of sp³-hybridized carbons (Fsp3) is 0.500. The predicted octanol–water partition coefficient (Wildman–Crippen LogP) is 1.10. The van der Waals surface area contributed by atoms with E-state index in [1.54, 1.807) is 25.1 Å². The number of carbonyl (C=O) groups is 1. The van der Waals surface area contributed by atoms with Crippen LogP contribution in [0.25, 0.3) is 0 Å². The molecule has 0 radical (unpaired) electrons. The molecular weight excluding hydrogens is 246 g/mol. The Labute approximate surface area is 111 Å². The minimum absolute atomic E-state index is 0.0304. The van der Waals surface area contributed by atoms with Crippen molar-refractivity contribution < 1.29 is 19.4 Å². The van der Waals surface area contributed by atoms with Gasteiger partial charge in [-0.1, -0.05) is 6.07 Å². The number of hydrogen-bond donors (Lipinski definition) is 2. The monoisotopic (exact) mass is 263 g/mol. The van der Waals surface area contributed by atoms with Crippen LogP contribution in [-0.2, 0) is 0 Å². The molecule has 1 aromatic carbocycles. The van der Waals surface area contributed by atoms with Crippen molar-refractivity contribution in [2.24, 2.45) is 0 Å². The van der Waals surface area contributed by atoms with Crippen LogP contribution in [0.2, 0.25) is 0 Å². The zero-order valence-electron chi connectivity index (χ0n) is 10.8. The van der Waals surface area contributed by atoms with Crippen molar-refractivity contribution in [2.45, 2.75) is 31.4 Å². The number of fused-ring (bicyclic) bond motifs is 1. The zero-order valence-corrected chi connectivity index (χ0v) is 10.8. The second kappa shape index (κ2) is 4.42. The summed E-state index contributed by atoms with van der Waals surface area (Å²) in [5, 5.41) is 12.6. The highest BCUT2D eigenvalue weighted by Gasteiger charge is 2.39. The molecule has 0 bridgehead atoms. The van der Waals surface area contributed by atoms with Gasteiger partial charge in [0, 0.05) is 6.04 Å². The normalized spacial score (nSPS) is 28.4. The molecule has 5 nitrogen and oxygen atoms in total. The zero-order chi connectivity index (χ0) is 13.5. The Morgan fingerprint density at radius 1 is 1.37 bits per heavy atom. The molecule has 1 saturated carbocycles. The van der Waals surface area contributed by atoms with Crippen molar-refractivity contribution in [3.05, 3.63) is 23.8 Å². The summed E-state index contributed by atoms with van der Waals surface area (Å²) in [6.07, 6.45) is 1.18. The fourth-order valence-electron chi connectivity index (χ4n) is 2.62. The number of ether oxygens (including phenoxy) is 2. The summed E-state index contributed by atoms with van der Waals surface area (Å²) in [6.45, 7) is 2.73. The third-order valence-corrected chi connectivity index (χ3v) is 3.52. The SMILES string of the molecule is CC1(O)CC(NC(=O)c2cccc3c2OCCO3)C1. The topological polar surface area (TPSA) is 67.8 Å². The molecule has 3 rings (SSSR count). The van der Waals surface area contributed by atoms with Crippen LogP contribution in [0, 0.1) is 0 Å². The molecule has 0 atom stereocenters. The molecule has 0 aromatic heterocycles. The van der Waals surface area contributed by atoms with Gasteiger partial charge >= 0.3 is 0 Å². The lowest BCUT2D eigenvalue weighted by Crippen LogP contribution is -2.53. The molecule has 1 aromatic rings. The van der Waals surface area contributed by atoms with E-state index in [-0.39, 0.29) is 11.9 Å². The quantitative estimate of drug-likeness (QED) is 0.838. The molecule has 0 spiro atoms. The van der Waals surface area contributed by atoms with Crippen LogP contribution >= 0.6 is 0 Å². The van der Waals surface area contributed by atoms with E-state index >= 15 is 0 Å². The second-order valence-corrected chi connectivity index (χ2v) is 5.41. The Morgan fingerprint density at radius 3 is 2.84 bits per heavy atom. The molecular formula is C14H17NO4. The van der Waals surface area contributed by atoms with E-state index in [2.05, 4.69) is 5.32 Å². The van der Waals surface area contributed by atoms with Crippen LogP contribution in [0.3, 0.4) is 0 Å². The molecule has 1 aliphatic carbocycles. The van der Waals surface area contributed by atoms with Crippen LogP contribution in [0.1, 0.15) is 30.1 Å². The van der Waals surface area contributed by atoms with Crippen molar-refractivity contribution in [3.63, 3.8) is 0 Å². The van der Waals surface area contributed by atoms with E-state index in [9.17, 15) is 9.90 Å². The summed E-state index contributed by atoms with van der Waals surface area (Å²) in [4.78, 5) is 12.2. The minimum atomic E-state index is -0.645. The van der Waals surface area contributed by atoms with Gasteiger partial charge in [0.15, 0.2) is 11.5 Å². The molecule has 1 fully saturated rings. The third-order valence-electron chi connectivity index (χ3n) is 3.52. The van der Waals surface area contributed by atoms with E-state index in [4.69, 9.17) is 9.47 Å². The maximum Gasteiger partial charge on any atom is 0.255 e. The molecule has 1 aliphatic heterocycles. The first-order chi connectivity index (χ1) is 9.05. The summed E-state index contributed by atoms with van der Waals surface area (Å²) in [5.41, 5.74) is -0.156. The number of hydrogen-bond acceptors (Lipinski definition) is 4. The average molecular weight is 263 g/mol. The van der Waals surface area contributed by atoms with E-state index in [1.807, 2.05) is 0 Å². The molecule has 1 heterocycles. The van der Waals surface area contributed by atoms with Crippen LogP contribution in [0.15, 0.2) is 18.2 Å². The first-order valence-electron chi connectivity index (χ1n) is 6.47. The largest absolute Gasteiger partial charge is 0.486 e. The lowest BCUT2D eigenvalue weighted by Gasteiger charge is -2.41. The Hall–Kier alpha value is -1.75. The van der Waals surface area contributed by atoms with Crippen LogP contribution in [0.4, 0.5) is 0 Å².